The summed E-state index contributed by atoms with van der Waals surface area (Å²) in [6, 6.07) is 0. The summed E-state index contributed by atoms with van der Waals surface area (Å²) in [4.78, 5) is 12.6. The van der Waals surface area contributed by atoms with Crippen LogP contribution in [0.25, 0.3) is 0 Å². The summed E-state index contributed by atoms with van der Waals surface area (Å²) in [5, 5.41) is 32.5. The number of carbonyl (C=O) groups is 1. The van der Waals surface area contributed by atoms with E-state index in [1.165, 1.54) is 108 Å². The van der Waals surface area contributed by atoms with Crippen molar-refractivity contribution in [3.63, 3.8) is 0 Å². The first-order valence-electron chi connectivity index (χ1n) is 25.9. The Morgan fingerprint density at radius 1 is 0.787 bits per heavy atom. The highest BCUT2D eigenvalue weighted by molar-refractivity contribution is 5.69. The number of fused-ring (bicyclic) bond motifs is 5. The first-order valence-corrected chi connectivity index (χ1v) is 25.9. The molecule has 1 aliphatic heterocycles. The van der Waals surface area contributed by atoms with Crippen LogP contribution in [-0.2, 0) is 19.0 Å². The van der Waals surface area contributed by atoms with Gasteiger partial charge in [0.05, 0.1) is 6.10 Å². The lowest BCUT2D eigenvalue weighted by Crippen LogP contribution is -2.60. The molecule has 13 atom stereocenters. The van der Waals surface area contributed by atoms with Crippen molar-refractivity contribution >= 4 is 5.97 Å². The molecule has 61 heavy (non-hydrogen) atoms. The number of hydrogen-bond donors (Lipinski definition) is 3. The molecule has 0 aromatic heterocycles. The van der Waals surface area contributed by atoms with Crippen LogP contribution in [0.1, 0.15) is 208 Å². The molecule has 1 saturated heterocycles. The zero-order valence-corrected chi connectivity index (χ0v) is 39.9. The molecule has 0 aromatic carbocycles. The third-order valence-electron chi connectivity index (χ3n) is 16.7. The Balaban J connectivity index is 0.976. The van der Waals surface area contributed by atoms with Crippen molar-refractivity contribution in [1.82, 2.24) is 0 Å². The van der Waals surface area contributed by atoms with Gasteiger partial charge in [0.25, 0.3) is 0 Å². The SMILES string of the molecule is CCCCCC/C=C\C/C=C\CCCCCCCCCC(=O)OCC1OC(OC2CCC3(C)C(=CCC4C3CCC3(C)C(C(C)CCCC(C)C)CCC43)C2)C(O)C(O)C1O. The van der Waals surface area contributed by atoms with E-state index >= 15 is 0 Å². The Hall–Kier alpha value is -1.51. The molecule has 0 amide bonds. The zero-order chi connectivity index (χ0) is 43.8. The third kappa shape index (κ3) is 14.0. The van der Waals surface area contributed by atoms with Gasteiger partial charge in [-0.25, -0.2) is 0 Å². The van der Waals surface area contributed by atoms with Crippen molar-refractivity contribution in [2.24, 2.45) is 46.3 Å². The van der Waals surface area contributed by atoms with E-state index in [2.05, 4.69) is 71.9 Å². The van der Waals surface area contributed by atoms with Gasteiger partial charge in [-0.1, -0.05) is 148 Å². The van der Waals surface area contributed by atoms with E-state index in [1.807, 2.05) is 0 Å². The summed E-state index contributed by atoms with van der Waals surface area (Å²) >= 11 is 0. The molecule has 3 saturated carbocycles. The smallest absolute Gasteiger partial charge is 0.305 e. The lowest BCUT2D eigenvalue weighted by molar-refractivity contribution is -0.313. The molecule has 5 rings (SSSR count). The summed E-state index contributed by atoms with van der Waals surface area (Å²) in [5.74, 6) is 4.42. The average molecular weight is 853 g/mol. The van der Waals surface area contributed by atoms with Crippen LogP contribution in [0.5, 0.6) is 0 Å². The number of ether oxygens (including phenoxy) is 3. The Labute approximate surface area is 373 Å². The van der Waals surface area contributed by atoms with Crippen LogP contribution >= 0.6 is 0 Å². The highest BCUT2D eigenvalue weighted by Crippen LogP contribution is 2.67. The van der Waals surface area contributed by atoms with Crippen molar-refractivity contribution in [1.29, 1.82) is 0 Å². The molecule has 350 valence electrons. The Kier molecular flexibility index (Phi) is 20.9. The molecule has 7 nitrogen and oxygen atoms in total. The predicted molar refractivity (Wildman–Crippen MR) is 249 cm³/mol. The number of allylic oxidation sites excluding steroid dienone is 5. The predicted octanol–water partition coefficient (Wildman–Crippen LogP) is 12.7. The van der Waals surface area contributed by atoms with Gasteiger partial charge in [0.2, 0.25) is 0 Å². The van der Waals surface area contributed by atoms with Crippen LogP contribution in [0.2, 0.25) is 0 Å². The normalized spacial score (nSPS) is 35.6. The number of aliphatic hydroxyl groups excluding tert-OH is 3. The van der Waals surface area contributed by atoms with Crippen LogP contribution in [0.3, 0.4) is 0 Å². The summed E-state index contributed by atoms with van der Waals surface area (Å²) in [5.41, 5.74) is 2.13. The van der Waals surface area contributed by atoms with Gasteiger partial charge in [0, 0.05) is 6.42 Å². The van der Waals surface area contributed by atoms with Gasteiger partial charge in [-0.2, -0.15) is 0 Å². The molecule has 0 aromatic rings. The Bertz CT molecular complexity index is 1370. The van der Waals surface area contributed by atoms with Gasteiger partial charge in [-0.05, 0) is 136 Å². The lowest BCUT2D eigenvalue weighted by atomic mass is 9.47. The minimum absolute atomic E-state index is 0.142. The topological polar surface area (TPSA) is 105 Å². The maximum Gasteiger partial charge on any atom is 0.305 e. The van der Waals surface area contributed by atoms with E-state index in [-0.39, 0.29) is 24.1 Å². The molecule has 1 heterocycles. The van der Waals surface area contributed by atoms with Crippen LogP contribution < -0.4 is 0 Å². The van der Waals surface area contributed by atoms with Crippen LogP contribution in [-0.4, -0.2) is 64.7 Å². The molecule has 13 unspecified atom stereocenters. The molecule has 4 aliphatic carbocycles. The average Bonchev–Trinajstić information content (AvgIpc) is 3.60. The largest absolute Gasteiger partial charge is 0.463 e. The molecule has 0 radical (unpaired) electrons. The van der Waals surface area contributed by atoms with Crippen molar-refractivity contribution in [2.45, 2.75) is 245 Å². The van der Waals surface area contributed by atoms with E-state index in [9.17, 15) is 20.1 Å². The van der Waals surface area contributed by atoms with E-state index in [0.717, 1.165) is 87.4 Å². The molecule has 5 aliphatic rings. The molecule has 7 heteroatoms. The molecular formula is C54H92O7. The second kappa shape index (κ2) is 25.3. The number of aliphatic hydroxyl groups is 3. The quantitative estimate of drug-likeness (QED) is 0.0452. The molecular weight excluding hydrogens is 761 g/mol. The monoisotopic (exact) mass is 853 g/mol. The van der Waals surface area contributed by atoms with Crippen LogP contribution in [0.4, 0.5) is 0 Å². The minimum Gasteiger partial charge on any atom is -0.463 e. The van der Waals surface area contributed by atoms with Crippen molar-refractivity contribution < 1.29 is 34.3 Å². The third-order valence-corrected chi connectivity index (χ3v) is 16.7. The Morgan fingerprint density at radius 3 is 2.18 bits per heavy atom. The van der Waals surface area contributed by atoms with E-state index in [1.54, 1.807) is 0 Å². The molecule has 4 fully saturated rings. The molecule has 0 bridgehead atoms. The highest BCUT2D eigenvalue weighted by atomic mass is 16.7. The summed E-state index contributed by atoms with van der Waals surface area (Å²) in [6.45, 7) is 14.5. The Morgan fingerprint density at radius 2 is 1.48 bits per heavy atom. The number of esters is 1. The summed E-state index contributed by atoms with van der Waals surface area (Å²) < 4.78 is 18.0. The number of carbonyl (C=O) groups excluding carboxylic acids is 1. The number of rotatable bonds is 26. The first-order chi connectivity index (χ1) is 29.4. The fourth-order valence-corrected chi connectivity index (χ4v) is 13.0. The fraction of sp³-hybridized carbons (Fsp3) is 0.870. The number of hydrogen-bond acceptors (Lipinski definition) is 7. The maximum atomic E-state index is 12.6. The van der Waals surface area contributed by atoms with E-state index in [0.29, 0.717) is 17.8 Å². The summed E-state index contributed by atoms with van der Waals surface area (Å²) in [7, 11) is 0. The van der Waals surface area contributed by atoms with Gasteiger partial charge in [0.1, 0.15) is 31.0 Å². The lowest BCUT2D eigenvalue weighted by Gasteiger charge is -2.58. The van der Waals surface area contributed by atoms with Crippen molar-refractivity contribution in [3.8, 4) is 0 Å². The second-order valence-corrected chi connectivity index (χ2v) is 21.5. The number of unbranched alkanes of at least 4 members (excludes halogenated alkanes) is 11. The van der Waals surface area contributed by atoms with Crippen molar-refractivity contribution in [2.75, 3.05) is 6.61 Å². The van der Waals surface area contributed by atoms with E-state index < -0.39 is 30.7 Å². The zero-order valence-electron chi connectivity index (χ0n) is 39.9. The van der Waals surface area contributed by atoms with Gasteiger partial charge in [0.15, 0.2) is 6.29 Å². The van der Waals surface area contributed by atoms with Crippen molar-refractivity contribution in [3.05, 3.63) is 36.0 Å². The molecule has 0 spiro atoms. The first kappa shape index (κ1) is 50.5. The fourth-order valence-electron chi connectivity index (χ4n) is 13.0. The van der Waals surface area contributed by atoms with E-state index in [4.69, 9.17) is 14.2 Å². The van der Waals surface area contributed by atoms with Gasteiger partial charge >= 0.3 is 5.97 Å². The van der Waals surface area contributed by atoms with Crippen LogP contribution in [0, 0.1) is 46.3 Å². The maximum absolute atomic E-state index is 12.6. The molecule has 3 N–H and O–H groups in total. The van der Waals surface area contributed by atoms with Crippen LogP contribution in [0.15, 0.2) is 36.0 Å². The standard InChI is InChI=1S/C54H92O7/c1-7-8-9-10-11-12-13-14-15-16-17-18-19-20-21-22-23-24-28-48(55)59-38-47-49(56)50(57)51(58)52(61-47)60-42-33-35-53(5)41(37-42)29-30-43-45-32-31-44(40(4)27-25-26-39(2)3)54(45,6)36-34-46(43)53/h12-13,15-16,29,39-40,42-47,49-52,56-58H,7-11,14,17-28,30-38H2,1-6H3/b13-12-,16-15-. The minimum atomic E-state index is -1.45. The summed E-state index contributed by atoms with van der Waals surface area (Å²) in [6.07, 6.45) is 35.6. The highest BCUT2D eigenvalue weighted by Gasteiger charge is 2.59. The second-order valence-electron chi connectivity index (χ2n) is 21.5. The van der Waals surface area contributed by atoms with Gasteiger partial charge in [-0.3, -0.25) is 4.79 Å². The van der Waals surface area contributed by atoms with Gasteiger partial charge in [-0.15, -0.1) is 0 Å². The van der Waals surface area contributed by atoms with Gasteiger partial charge < -0.3 is 29.5 Å².